The Balaban J connectivity index is 2.73. The maximum atomic E-state index is 12.2. The molecule has 0 radical (unpaired) electrons. The first kappa shape index (κ1) is 12.4. The normalized spacial score (nSPS) is 12.9. The molecule has 1 atom stereocenters. The lowest BCUT2D eigenvalue weighted by Crippen LogP contribution is -2.31. The van der Waals surface area contributed by atoms with E-state index in [1.807, 2.05) is 0 Å². The number of benzene rings is 1. The maximum Gasteiger partial charge on any atom is 0.262 e. The molecule has 0 aliphatic heterocycles. The monoisotopic (exact) mass is 271 g/mol. The Morgan fingerprint density at radius 1 is 1.47 bits per heavy atom. The number of nitrogens with two attached hydrogens (primary N) is 1. The smallest absolute Gasteiger partial charge is 0.262 e. The van der Waals surface area contributed by atoms with Gasteiger partial charge in [0.05, 0.1) is 10.9 Å². The third kappa shape index (κ3) is 2.44. The number of nitrogens with zero attached hydrogens (tertiary/aromatic N) is 2. The molecule has 90 valence electrons. The second-order valence-corrected chi connectivity index (χ2v) is 4.71. The molecule has 2 rings (SSSR count). The van der Waals surface area contributed by atoms with Crippen molar-refractivity contribution in [2.75, 3.05) is 0 Å². The van der Waals surface area contributed by atoms with Gasteiger partial charge < -0.3 is 5.73 Å². The fourth-order valence-electron chi connectivity index (χ4n) is 1.61. The van der Waals surface area contributed by atoms with Gasteiger partial charge in [-0.2, -0.15) is 0 Å². The van der Waals surface area contributed by atoms with Crippen LogP contribution in [0.3, 0.4) is 0 Å². The van der Waals surface area contributed by atoms with E-state index in [1.54, 1.807) is 25.1 Å². The van der Waals surface area contributed by atoms with Gasteiger partial charge in [-0.05, 0) is 36.7 Å². The number of fused-ring (bicyclic) bond motifs is 1. The van der Waals surface area contributed by atoms with Crippen molar-refractivity contribution in [3.8, 4) is 0 Å². The highest BCUT2D eigenvalue weighted by Gasteiger charge is 2.10. The van der Waals surface area contributed by atoms with Gasteiger partial charge >= 0.3 is 0 Å². The van der Waals surface area contributed by atoms with Gasteiger partial charge in [0.15, 0.2) is 0 Å². The van der Waals surface area contributed by atoms with Crippen LogP contribution in [0.15, 0.2) is 23.0 Å². The summed E-state index contributed by atoms with van der Waals surface area (Å²) in [6.07, 6.45) is 0. The quantitative estimate of drug-likeness (QED) is 0.851. The first-order chi connectivity index (χ1) is 7.99. The molecule has 0 amide bonds. The van der Waals surface area contributed by atoms with Crippen LogP contribution in [0, 0.1) is 0 Å². The maximum absolute atomic E-state index is 12.2. The van der Waals surface area contributed by atoms with Crippen molar-refractivity contribution >= 4 is 34.1 Å². The average molecular weight is 272 g/mol. The van der Waals surface area contributed by atoms with Crippen LogP contribution in [0.5, 0.6) is 0 Å². The van der Waals surface area contributed by atoms with Crippen LogP contribution in [-0.4, -0.2) is 15.6 Å². The second kappa shape index (κ2) is 4.64. The summed E-state index contributed by atoms with van der Waals surface area (Å²) in [7, 11) is 0. The lowest BCUT2D eigenvalue weighted by molar-refractivity contribution is 0.571. The zero-order valence-corrected chi connectivity index (χ0v) is 10.7. The Morgan fingerprint density at radius 3 is 2.82 bits per heavy atom. The fourth-order valence-corrected chi connectivity index (χ4v) is 2.02. The summed E-state index contributed by atoms with van der Waals surface area (Å²) < 4.78 is 1.35. The van der Waals surface area contributed by atoms with Crippen LogP contribution in [0.4, 0.5) is 0 Å². The number of rotatable bonds is 2. The highest BCUT2D eigenvalue weighted by molar-refractivity contribution is 6.31. The molecule has 4 nitrogen and oxygen atoms in total. The summed E-state index contributed by atoms with van der Waals surface area (Å²) in [5.74, 6) is 0. The number of halogens is 2. The molecule has 2 aromatic rings. The van der Waals surface area contributed by atoms with Gasteiger partial charge in [0, 0.05) is 17.6 Å². The molecule has 1 aromatic carbocycles. The van der Waals surface area contributed by atoms with Crippen LogP contribution in [0.25, 0.3) is 10.9 Å². The van der Waals surface area contributed by atoms with Gasteiger partial charge in [-0.1, -0.05) is 11.6 Å². The molecular formula is C11H11Cl2N3O. The van der Waals surface area contributed by atoms with Crippen molar-refractivity contribution in [2.45, 2.75) is 19.5 Å². The Labute approximate surface area is 108 Å². The highest BCUT2D eigenvalue weighted by Crippen LogP contribution is 2.16. The summed E-state index contributed by atoms with van der Waals surface area (Å²) in [5.41, 5.74) is 5.97. The van der Waals surface area contributed by atoms with Crippen molar-refractivity contribution in [1.29, 1.82) is 0 Å². The number of aromatic nitrogens is 2. The minimum atomic E-state index is -0.222. The van der Waals surface area contributed by atoms with Crippen LogP contribution in [0.1, 0.15) is 6.92 Å². The van der Waals surface area contributed by atoms with Crippen LogP contribution in [0.2, 0.25) is 10.3 Å². The first-order valence-corrected chi connectivity index (χ1v) is 5.86. The van der Waals surface area contributed by atoms with E-state index < -0.39 is 0 Å². The van der Waals surface area contributed by atoms with E-state index in [0.717, 1.165) is 0 Å². The summed E-state index contributed by atoms with van der Waals surface area (Å²) in [6.45, 7) is 2.12. The Morgan fingerprint density at radius 2 is 2.18 bits per heavy atom. The van der Waals surface area contributed by atoms with E-state index >= 15 is 0 Å². The molecule has 0 bridgehead atoms. The molecule has 0 saturated carbocycles. The van der Waals surface area contributed by atoms with Crippen LogP contribution in [-0.2, 0) is 6.54 Å². The van der Waals surface area contributed by atoms with E-state index in [2.05, 4.69) is 4.98 Å². The van der Waals surface area contributed by atoms with Gasteiger partial charge in [0.2, 0.25) is 5.28 Å². The van der Waals surface area contributed by atoms with Gasteiger partial charge in [0.1, 0.15) is 0 Å². The molecule has 0 aliphatic carbocycles. The summed E-state index contributed by atoms with van der Waals surface area (Å²) >= 11 is 11.8. The lowest BCUT2D eigenvalue weighted by Gasteiger charge is -2.11. The first-order valence-electron chi connectivity index (χ1n) is 5.10. The van der Waals surface area contributed by atoms with Crippen molar-refractivity contribution in [1.82, 2.24) is 9.55 Å². The van der Waals surface area contributed by atoms with E-state index in [-0.39, 0.29) is 16.9 Å². The van der Waals surface area contributed by atoms with Gasteiger partial charge in [-0.3, -0.25) is 9.36 Å². The molecule has 0 fully saturated rings. The number of hydrogen-bond acceptors (Lipinski definition) is 3. The van der Waals surface area contributed by atoms with Gasteiger partial charge in [0.25, 0.3) is 5.56 Å². The van der Waals surface area contributed by atoms with Crippen molar-refractivity contribution < 1.29 is 0 Å². The zero-order valence-electron chi connectivity index (χ0n) is 9.15. The largest absolute Gasteiger partial charge is 0.326 e. The summed E-state index contributed by atoms with van der Waals surface area (Å²) in [4.78, 5) is 16.3. The third-order valence-corrected chi connectivity index (χ3v) is 2.86. The molecule has 0 aliphatic rings. The molecule has 2 N–H and O–H groups in total. The molecule has 6 heteroatoms. The predicted octanol–water partition coefficient (Wildman–Crippen LogP) is 2.05. The minimum absolute atomic E-state index is 0.141. The third-order valence-electron chi connectivity index (χ3n) is 2.34. The lowest BCUT2D eigenvalue weighted by atomic mass is 10.2. The van der Waals surface area contributed by atoms with E-state index in [1.165, 1.54) is 4.57 Å². The summed E-state index contributed by atoms with van der Waals surface area (Å²) in [6, 6.07) is 4.74. The highest BCUT2D eigenvalue weighted by atomic mass is 35.5. The SMILES string of the molecule is CC(N)Cn1c(Cl)nc2ccc(Cl)cc2c1=O. The molecular weight excluding hydrogens is 261 g/mol. The molecule has 1 aromatic heterocycles. The molecule has 0 spiro atoms. The zero-order chi connectivity index (χ0) is 12.6. The second-order valence-electron chi connectivity index (χ2n) is 3.94. The Bertz CT molecular complexity index is 622. The topological polar surface area (TPSA) is 60.9 Å². The fraction of sp³-hybridized carbons (Fsp3) is 0.273. The van der Waals surface area contributed by atoms with Crippen molar-refractivity contribution in [3.05, 3.63) is 38.9 Å². The van der Waals surface area contributed by atoms with E-state index in [0.29, 0.717) is 22.5 Å². The minimum Gasteiger partial charge on any atom is -0.326 e. The van der Waals surface area contributed by atoms with Crippen molar-refractivity contribution in [3.63, 3.8) is 0 Å². The van der Waals surface area contributed by atoms with Gasteiger partial charge in [-0.15, -0.1) is 0 Å². The van der Waals surface area contributed by atoms with Crippen LogP contribution >= 0.6 is 23.2 Å². The van der Waals surface area contributed by atoms with Crippen molar-refractivity contribution in [2.24, 2.45) is 5.73 Å². The van der Waals surface area contributed by atoms with Crippen LogP contribution < -0.4 is 11.3 Å². The summed E-state index contributed by atoms with van der Waals surface area (Å²) in [5, 5.41) is 1.08. The van der Waals surface area contributed by atoms with Gasteiger partial charge in [-0.25, -0.2) is 4.98 Å². The average Bonchev–Trinajstić information content (AvgIpc) is 2.25. The Hall–Kier alpha value is -1.10. The van der Waals surface area contributed by atoms with E-state index in [4.69, 9.17) is 28.9 Å². The molecule has 17 heavy (non-hydrogen) atoms. The molecule has 0 saturated heterocycles. The standard InChI is InChI=1S/C11H11Cl2N3O/c1-6(14)5-16-10(17)8-4-7(12)2-3-9(8)15-11(16)13/h2-4,6H,5,14H2,1H3. The van der Waals surface area contributed by atoms with E-state index in [9.17, 15) is 4.79 Å². The number of hydrogen-bond donors (Lipinski definition) is 1. The predicted molar refractivity (Wildman–Crippen MR) is 69.7 cm³/mol. The molecule has 1 heterocycles. The molecule has 1 unspecified atom stereocenters. The Kier molecular flexibility index (Phi) is 3.38.